The van der Waals surface area contributed by atoms with Gasteiger partial charge in [0.05, 0.1) is 30.0 Å². The minimum Gasteiger partial charge on any atom is -0.414 e. The van der Waals surface area contributed by atoms with Crippen molar-refractivity contribution in [1.82, 2.24) is 24.8 Å². The highest BCUT2D eigenvalue weighted by molar-refractivity contribution is 8.77. The van der Waals surface area contributed by atoms with E-state index in [1.165, 1.54) is 27.9 Å². The van der Waals surface area contributed by atoms with Gasteiger partial charge < -0.3 is 38.2 Å². The van der Waals surface area contributed by atoms with E-state index in [1.807, 2.05) is 30.2 Å². The zero-order valence-electron chi connectivity index (χ0n) is 30.3. The molecule has 3 atom stereocenters. The van der Waals surface area contributed by atoms with Gasteiger partial charge in [-0.3, -0.25) is 4.79 Å². The van der Waals surface area contributed by atoms with Gasteiger partial charge >= 0.3 is 12.1 Å². The molecule has 0 aliphatic carbocycles. The van der Waals surface area contributed by atoms with Crippen molar-refractivity contribution in [2.75, 3.05) is 53.7 Å². The molecule has 0 radical (unpaired) electrons. The highest BCUT2D eigenvalue weighted by Crippen LogP contribution is 2.40. The Balaban J connectivity index is 1.77. The van der Waals surface area contributed by atoms with E-state index in [-0.39, 0.29) is 43.1 Å². The molecular formula is C32H49F3N6O6S2Si. The third-order valence-electron chi connectivity index (χ3n) is 8.05. The molecule has 12 nitrogen and oxygen atoms in total. The van der Waals surface area contributed by atoms with Gasteiger partial charge in [0.1, 0.15) is 43.6 Å². The zero-order valence-corrected chi connectivity index (χ0v) is 33.0. The fourth-order valence-electron chi connectivity index (χ4n) is 4.37. The van der Waals surface area contributed by atoms with E-state index in [1.54, 1.807) is 32.2 Å². The average molecular weight is 763 g/mol. The molecule has 1 N–H and O–H groups in total. The number of carbonyl (C=O) groups excluding carboxylic acids is 1. The first-order chi connectivity index (χ1) is 23.3. The maximum atomic E-state index is 12.5. The quantitative estimate of drug-likeness (QED) is 0.0406. The minimum absolute atomic E-state index is 0.0368. The number of methoxy groups -OCH3 is 1. The molecule has 280 valence electrons. The fourth-order valence-corrected chi connectivity index (χ4v) is 7.52. The molecule has 0 bridgehead atoms. The summed E-state index contributed by atoms with van der Waals surface area (Å²) < 4.78 is 68.8. The van der Waals surface area contributed by atoms with Crippen molar-refractivity contribution in [2.24, 2.45) is 4.99 Å². The van der Waals surface area contributed by atoms with Gasteiger partial charge in [-0.2, -0.15) is 13.2 Å². The second kappa shape index (κ2) is 17.9. The Labute approximate surface area is 301 Å². The van der Waals surface area contributed by atoms with Crippen LogP contribution in [0.25, 0.3) is 11.0 Å². The standard InChI is InChI=1S/C32H49F3N6O6S2Si/c1-30(2,3)50(9,10)46-16-24-23(45-20-43-8)14-25(47-24)41-15-22(26-27(39-19-40(6)7)37-18-38-28(26)41)12-11-13-44-21-48-49-31(4,5)17-36-29(42)32(33,34)35/h15,18-19,23-25H,13-14,16-17,20-21H2,1-10H3,(H,36,42)/b39-19+/t23-,24-,25-/m1/s1. The van der Waals surface area contributed by atoms with Gasteiger partial charge in [-0.15, -0.1) is 0 Å². The highest BCUT2D eigenvalue weighted by Gasteiger charge is 2.43. The minimum atomic E-state index is -4.92. The van der Waals surface area contributed by atoms with Crippen LogP contribution in [0.15, 0.2) is 17.5 Å². The number of aromatic nitrogens is 3. The Morgan fingerprint density at radius 1 is 1.24 bits per heavy atom. The first kappa shape index (κ1) is 42.0. The predicted molar refractivity (Wildman–Crippen MR) is 194 cm³/mol. The number of ether oxygens (including phenoxy) is 4. The molecule has 1 fully saturated rings. The number of nitrogens with zero attached hydrogens (tertiary/aromatic N) is 5. The molecule has 1 aliphatic heterocycles. The SMILES string of the molecule is COCO[C@@H]1C[C@H](n2cc(C#CCOCSSC(C)(C)CNC(=O)C(F)(F)F)c3c(/N=C/N(C)C)ncnc32)O[C@@H]1CO[Si](C)(C)C(C)(C)C. The summed E-state index contributed by atoms with van der Waals surface area (Å²) in [6, 6.07) is 0. The smallest absolute Gasteiger partial charge is 0.414 e. The number of carbonyl (C=O) groups is 1. The van der Waals surface area contributed by atoms with E-state index < -0.39 is 31.4 Å². The van der Waals surface area contributed by atoms with Gasteiger partial charge in [0.2, 0.25) is 0 Å². The van der Waals surface area contributed by atoms with Crippen molar-refractivity contribution in [1.29, 1.82) is 0 Å². The molecule has 3 heterocycles. The van der Waals surface area contributed by atoms with Gasteiger partial charge in [-0.1, -0.05) is 54.2 Å². The Morgan fingerprint density at radius 3 is 2.60 bits per heavy atom. The Morgan fingerprint density at radius 2 is 1.96 bits per heavy atom. The Hall–Kier alpha value is -2.37. The summed E-state index contributed by atoms with van der Waals surface area (Å²) in [4.78, 5) is 26.5. The van der Waals surface area contributed by atoms with E-state index in [0.717, 1.165) is 0 Å². The van der Waals surface area contributed by atoms with Crippen LogP contribution in [0, 0.1) is 11.8 Å². The van der Waals surface area contributed by atoms with E-state index >= 15 is 0 Å². The molecule has 18 heteroatoms. The number of fused-ring (bicyclic) bond motifs is 1. The number of halogens is 3. The lowest BCUT2D eigenvalue weighted by Crippen LogP contribution is -2.44. The summed E-state index contributed by atoms with van der Waals surface area (Å²) in [6.45, 7) is 14.9. The van der Waals surface area contributed by atoms with Crippen LogP contribution < -0.4 is 5.32 Å². The number of alkyl halides is 3. The molecule has 2 aromatic rings. The maximum Gasteiger partial charge on any atom is 0.471 e. The predicted octanol–water partition coefficient (Wildman–Crippen LogP) is 6.12. The van der Waals surface area contributed by atoms with E-state index in [2.05, 4.69) is 60.7 Å². The van der Waals surface area contributed by atoms with Crippen molar-refractivity contribution in [3.63, 3.8) is 0 Å². The number of hydrogen-bond donors (Lipinski definition) is 1. The molecule has 0 unspecified atom stereocenters. The third-order valence-corrected chi connectivity index (χ3v) is 15.5. The highest BCUT2D eigenvalue weighted by atomic mass is 33.1. The van der Waals surface area contributed by atoms with Crippen LogP contribution in [-0.4, -0.2) is 117 Å². The number of nitrogens with one attached hydrogen (secondary N) is 1. The van der Waals surface area contributed by atoms with Gasteiger partial charge in [0, 0.05) is 45.1 Å². The summed E-state index contributed by atoms with van der Waals surface area (Å²) in [6.07, 6.45) is -0.451. The van der Waals surface area contributed by atoms with Crippen LogP contribution in [0.1, 0.15) is 52.8 Å². The number of rotatable bonds is 16. The molecule has 0 aromatic carbocycles. The number of aliphatic imine (C=N–C) groups is 1. The Bertz CT molecular complexity index is 1520. The van der Waals surface area contributed by atoms with Crippen LogP contribution in [0.2, 0.25) is 18.1 Å². The first-order valence-electron chi connectivity index (χ1n) is 15.9. The van der Waals surface area contributed by atoms with Gasteiger partial charge in [0.15, 0.2) is 14.1 Å². The summed E-state index contributed by atoms with van der Waals surface area (Å²) in [5.41, 5.74) is 1.24. The number of amides is 1. The maximum absolute atomic E-state index is 12.5. The monoisotopic (exact) mass is 762 g/mol. The topological polar surface area (TPSA) is 122 Å². The summed E-state index contributed by atoms with van der Waals surface area (Å²) in [7, 11) is 5.87. The van der Waals surface area contributed by atoms with Crippen molar-refractivity contribution in [3.8, 4) is 11.8 Å². The van der Waals surface area contributed by atoms with Crippen molar-refractivity contribution >= 4 is 59.0 Å². The Kier molecular flexibility index (Phi) is 15.1. The molecule has 2 aromatic heterocycles. The molecule has 0 spiro atoms. The lowest BCUT2D eigenvalue weighted by Gasteiger charge is -2.37. The molecule has 3 rings (SSSR count). The molecule has 1 saturated heterocycles. The van der Waals surface area contributed by atoms with Crippen LogP contribution in [0.5, 0.6) is 0 Å². The second-order valence-electron chi connectivity index (χ2n) is 14.0. The number of hydrogen-bond acceptors (Lipinski definition) is 11. The van der Waals surface area contributed by atoms with Gasteiger partial charge in [0.25, 0.3) is 0 Å². The second-order valence-corrected chi connectivity index (χ2v) is 21.8. The zero-order chi connectivity index (χ0) is 37.3. The van der Waals surface area contributed by atoms with Crippen molar-refractivity contribution in [3.05, 3.63) is 18.1 Å². The fraction of sp³-hybridized carbons (Fsp3) is 0.688. The van der Waals surface area contributed by atoms with Crippen LogP contribution in [0.3, 0.4) is 0 Å². The van der Waals surface area contributed by atoms with Gasteiger partial charge in [-0.05, 0) is 32.0 Å². The van der Waals surface area contributed by atoms with Crippen molar-refractivity contribution in [2.45, 2.75) is 88.5 Å². The van der Waals surface area contributed by atoms with E-state index in [9.17, 15) is 18.0 Å². The molecule has 50 heavy (non-hydrogen) atoms. The third kappa shape index (κ3) is 12.1. The molecule has 0 saturated carbocycles. The van der Waals surface area contributed by atoms with Crippen LogP contribution >= 0.6 is 21.6 Å². The lowest BCUT2D eigenvalue weighted by atomic mass is 10.2. The summed E-state index contributed by atoms with van der Waals surface area (Å²) in [5.74, 6) is 4.93. The summed E-state index contributed by atoms with van der Waals surface area (Å²) >= 11 is 0. The van der Waals surface area contributed by atoms with E-state index in [4.69, 9.17) is 23.4 Å². The molecule has 1 aliphatic rings. The first-order valence-corrected chi connectivity index (χ1v) is 21.2. The average Bonchev–Trinajstić information content (AvgIpc) is 3.60. The summed E-state index contributed by atoms with van der Waals surface area (Å²) in [5, 5.41) is 2.61. The molecule has 1 amide bonds. The van der Waals surface area contributed by atoms with Crippen LogP contribution in [0.4, 0.5) is 19.0 Å². The molecular weight excluding hydrogens is 714 g/mol. The van der Waals surface area contributed by atoms with E-state index in [0.29, 0.717) is 35.4 Å². The van der Waals surface area contributed by atoms with Gasteiger partial charge in [-0.25, -0.2) is 15.0 Å². The van der Waals surface area contributed by atoms with Crippen molar-refractivity contribution < 1.29 is 41.3 Å². The largest absolute Gasteiger partial charge is 0.471 e. The van der Waals surface area contributed by atoms with Crippen LogP contribution in [-0.2, 0) is 28.2 Å². The normalized spacial score (nSPS) is 18.9. The lowest BCUT2D eigenvalue weighted by molar-refractivity contribution is -0.173.